The van der Waals surface area contributed by atoms with Crippen LogP contribution in [0.4, 0.5) is 0 Å². The van der Waals surface area contributed by atoms with Crippen LogP contribution in [0.5, 0.6) is 0 Å². The van der Waals surface area contributed by atoms with Gasteiger partial charge in [0.15, 0.2) is 6.10 Å². The van der Waals surface area contributed by atoms with Crippen molar-refractivity contribution in [1.29, 1.82) is 0 Å². The molecular formula is C49H87O8P. The molecule has 0 fully saturated rings. The van der Waals surface area contributed by atoms with Crippen LogP contribution < -0.4 is 0 Å². The van der Waals surface area contributed by atoms with E-state index in [0.717, 1.165) is 64.2 Å². The lowest BCUT2D eigenvalue weighted by molar-refractivity contribution is -0.161. The number of hydrogen-bond donors (Lipinski definition) is 2. The topological polar surface area (TPSA) is 119 Å². The average molecular weight is 835 g/mol. The number of carbonyl (C=O) groups excluding carboxylic acids is 2. The van der Waals surface area contributed by atoms with Crippen LogP contribution in [0.2, 0.25) is 0 Å². The maximum absolute atomic E-state index is 12.4. The normalized spacial score (nSPS) is 13.0. The van der Waals surface area contributed by atoms with Crippen molar-refractivity contribution >= 4 is 19.8 Å². The van der Waals surface area contributed by atoms with Crippen LogP contribution in [0.1, 0.15) is 219 Å². The zero-order chi connectivity index (χ0) is 42.5. The summed E-state index contributed by atoms with van der Waals surface area (Å²) < 4.78 is 26.4. The first-order chi connectivity index (χ1) is 28.3. The van der Waals surface area contributed by atoms with Gasteiger partial charge in [0.25, 0.3) is 0 Å². The molecule has 336 valence electrons. The van der Waals surface area contributed by atoms with Gasteiger partial charge in [-0.1, -0.05) is 184 Å². The molecule has 0 saturated heterocycles. The summed E-state index contributed by atoms with van der Waals surface area (Å²) in [5.41, 5.74) is 0. The molecule has 0 bridgehead atoms. The van der Waals surface area contributed by atoms with Crippen LogP contribution in [0.3, 0.4) is 0 Å². The van der Waals surface area contributed by atoms with E-state index in [1.54, 1.807) is 0 Å². The third-order valence-electron chi connectivity index (χ3n) is 9.99. The lowest BCUT2D eigenvalue weighted by atomic mass is 10.0. The first kappa shape index (κ1) is 55.8. The van der Waals surface area contributed by atoms with E-state index in [0.29, 0.717) is 12.8 Å². The van der Waals surface area contributed by atoms with Crippen LogP contribution in [0.15, 0.2) is 60.8 Å². The molecule has 9 heteroatoms. The van der Waals surface area contributed by atoms with Gasteiger partial charge in [-0.15, -0.1) is 0 Å². The maximum Gasteiger partial charge on any atom is 0.469 e. The molecule has 0 spiro atoms. The van der Waals surface area contributed by atoms with E-state index >= 15 is 0 Å². The summed E-state index contributed by atoms with van der Waals surface area (Å²) in [6, 6.07) is 0. The molecule has 0 heterocycles. The summed E-state index contributed by atoms with van der Waals surface area (Å²) in [5, 5.41) is 0. The Morgan fingerprint density at radius 3 is 1.31 bits per heavy atom. The molecule has 0 amide bonds. The van der Waals surface area contributed by atoms with E-state index in [-0.39, 0.29) is 19.4 Å². The summed E-state index contributed by atoms with van der Waals surface area (Å²) in [6.45, 7) is 3.62. The van der Waals surface area contributed by atoms with Crippen LogP contribution in [0.25, 0.3) is 0 Å². The number of esters is 2. The van der Waals surface area contributed by atoms with E-state index < -0.39 is 32.5 Å². The predicted molar refractivity (Wildman–Crippen MR) is 244 cm³/mol. The first-order valence-electron chi connectivity index (χ1n) is 23.6. The average Bonchev–Trinajstić information content (AvgIpc) is 3.20. The monoisotopic (exact) mass is 835 g/mol. The highest BCUT2D eigenvalue weighted by Crippen LogP contribution is 2.36. The van der Waals surface area contributed by atoms with E-state index in [1.165, 1.54) is 116 Å². The van der Waals surface area contributed by atoms with Gasteiger partial charge in [-0.2, -0.15) is 0 Å². The zero-order valence-electron chi connectivity index (χ0n) is 37.2. The number of unbranched alkanes of at least 4 members (excludes halogenated alkanes) is 23. The largest absolute Gasteiger partial charge is 0.469 e. The second kappa shape index (κ2) is 44.3. The van der Waals surface area contributed by atoms with Crippen molar-refractivity contribution in [3.63, 3.8) is 0 Å². The van der Waals surface area contributed by atoms with Gasteiger partial charge in [0.2, 0.25) is 0 Å². The highest BCUT2D eigenvalue weighted by atomic mass is 31.2. The fourth-order valence-electron chi connectivity index (χ4n) is 6.46. The Kier molecular flexibility index (Phi) is 42.6. The van der Waals surface area contributed by atoms with Crippen molar-refractivity contribution in [2.45, 2.75) is 225 Å². The Labute approximate surface area is 356 Å². The first-order valence-corrected chi connectivity index (χ1v) is 25.1. The summed E-state index contributed by atoms with van der Waals surface area (Å²) in [5.74, 6) is -0.958. The molecule has 1 atom stereocenters. The maximum atomic E-state index is 12.4. The van der Waals surface area contributed by atoms with Gasteiger partial charge in [-0.3, -0.25) is 14.1 Å². The molecule has 0 radical (unpaired) electrons. The fraction of sp³-hybridized carbons (Fsp3) is 0.755. The molecule has 2 N–H and O–H groups in total. The van der Waals surface area contributed by atoms with Gasteiger partial charge >= 0.3 is 19.8 Å². The van der Waals surface area contributed by atoms with Gasteiger partial charge in [0, 0.05) is 12.8 Å². The zero-order valence-corrected chi connectivity index (χ0v) is 38.1. The van der Waals surface area contributed by atoms with Gasteiger partial charge in [-0.05, 0) is 83.5 Å². The van der Waals surface area contributed by atoms with Crippen LogP contribution >= 0.6 is 7.82 Å². The lowest BCUT2D eigenvalue weighted by Gasteiger charge is -2.18. The summed E-state index contributed by atoms with van der Waals surface area (Å²) in [4.78, 5) is 42.9. The quantitative estimate of drug-likeness (QED) is 0.0270. The van der Waals surface area contributed by atoms with Crippen LogP contribution in [-0.4, -0.2) is 41.0 Å². The lowest BCUT2D eigenvalue weighted by Crippen LogP contribution is -2.29. The third-order valence-corrected chi connectivity index (χ3v) is 10.5. The minimum absolute atomic E-state index is 0.176. The van der Waals surface area contributed by atoms with Gasteiger partial charge in [0.05, 0.1) is 6.61 Å². The number of rotatable bonds is 43. The molecule has 0 unspecified atom stereocenters. The second-order valence-corrected chi connectivity index (χ2v) is 17.0. The molecule has 0 aromatic heterocycles. The molecule has 8 nitrogen and oxygen atoms in total. The SMILES string of the molecule is CCCCC/C=C/C/C=C/C/C=C/CCCCCCC(=O)O[C@H](COC(=O)CCC/C=C/CC/C=C/CCCCCCCCCCCCCCCC)COP(=O)(O)O. The number of hydrogen-bond acceptors (Lipinski definition) is 6. The summed E-state index contributed by atoms with van der Waals surface area (Å²) >= 11 is 0. The van der Waals surface area contributed by atoms with Crippen molar-refractivity contribution in [2.75, 3.05) is 13.2 Å². The molecule has 0 saturated carbocycles. The predicted octanol–water partition coefficient (Wildman–Crippen LogP) is 14.9. The standard InChI is InChI=1S/C49H87O8P/c1-3-5-7-9-11-13-15-17-19-21-22-23-24-25-26-28-29-31-33-35-37-39-41-43-48(50)55-45-47(46-56-58(52,53)54)57-49(51)44-42-40-38-36-34-32-30-27-20-18-16-14-12-10-8-6-4-2/h12,14,18,20,28-30,32,35,37,47H,3-11,13,15-17,19,21-27,31,33-34,36,38-46H2,1-2H3,(H2,52,53,54)/b14-12+,20-18+,29-28+,32-30+,37-35+/t47-/m1/s1. The van der Waals surface area contributed by atoms with E-state index in [9.17, 15) is 14.2 Å². The Balaban J connectivity index is 3.94. The molecule has 0 aromatic rings. The molecule has 0 aliphatic carbocycles. The van der Waals surface area contributed by atoms with Crippen molar-refractivity contribution in [1.82, 2.24) is 0 Å². The highest BCUT2D eigenvalue weighted by molar-refractivity contribution is 7.46. The number of phosphoric acid groups is 1. The Hall–Kier alpha value is -2.25. The molecule has 58 heavy (non-hydrogen) atoms. The van der Waals surface area contributed by atoms with Gasteiger partial charge in [-0.25, -0.2) is 4.57 Å². The molecule has 0 aliphatic rings. The van der Waals surface area contributed by atoms with Crippen molar-refractivity contribution in [2.24, 2.45) is 0 Å². The van der Waals surface area contributed by atoms with Crippen molar-refractivity contribution < 1.29 is 37.9 Å². The van der Waals surface area contributed by atoms with Crippen LogP contribution in [-0.2, 0) is 28.2 Å². The fourth-order valence-corrected chi connectivity index (χ4v) is 6.82. The molecule has 0 rings (SSSR count). The van der Waals surface area contributed by atoms with Crippen molar-refractivity contribution in [3.05, 3.63) is 60.8 Å². The van der Waals surface area contributed by atoms with Crippen LogP contribution in [0, 0.1) is 0 Å². The Morgan fingerprint density at radius 2 is 0.810 bits per heavy atom. The van der Waals surface area contributed by atoms with Gasteiger partial charge in [0.1, 0.15) is 6.61 Å². The highest BCUT2D eigenvalue weighted by Gasteiger charge is 2.22. The van der Waals surface area contributed by atoms with E-state index in [4.69, 9.17) is 19.3 Å². The Bertz CT molecular complexity index is 1120. The molecular weight excluding hydrogens is 748 g/mol. The third kappa shape index (κ3) is 46.4. The van der Waals surface area contributed by atoms with E-state index in [1.807, 2.05) is 0 Å². The summed E-state index contributed by atoms with van der Waals surface area (Å²) in [6.07, 6.45) is 56.7. The Morgan fingerprint density at radius 1 is 0.448 bits per heavy atom. The minimum atomic E-state index is -4.77. The van der Waals surface area contributed by atoms with E-state index in [2.05, 4.69) is 79.1 Å². The second-order valence-electron chi connectivity index (χ2n) is 15.7. The number of allylic oxidation sites excluding steroid dienone is 10. The number of ether oxygens (including phenoxy) is 2. The summed E-state index contributed by atoms with van der Waals surface area (Å²) in [7, 11) is -4.77. The van der Waals surface area contributed by atoms with Crippen molar-refractivity contribution in [3.8, 4) is 0 Å². The molecule has 0 aromatic carbocycles. The molecule has 0 aliphatic heterocycles. The number of phosphoric ester groups is 1. The minimum Gasteiger partial charge on any atom is -0.462 e. The van der Waals surface area contributed by atoms with Gasteiger partial charge < -0.3 is 19.3 Å². The smallest absolute Gasteiger partial charge is 0.462 e. The number of carbonyl (C=O) groups is 2.